The minimum atomic E-state index is -3.74. The van der Waals surface area contributed by atoms with E-state index in [0.717, 1.165) is 11.5 Å². The Balaban J connectivity index is 1.81. The minimum Gasteiger partial charge on any atom is -0.333 e. The van der Waals surface area contributed by atoms with Gasteiger partial charge in [0.1, 0.15) is 5.82 Å². The van der Waals surface area contributed by atoms with Crippen LogP contribution in [0, 0.1) is 24.0 Å². The lowest BCUT2D eigenvalue weighted by Gasteiger charge is -2.24. The molecule has 1 aromatic carbocycles. The van der Waals surface area contributed by atoms with E-state index in [-0.39, 0.29) is 16.6 Å². The average Bonchev–Trinajstić information content (AvgIpc) is 2.85. The number of nitrogens with zero attached hydrogens (tertiary/aromatic N) is 3. The molecule has 1 aromatic heterocycles. The van der Waals surface area contributed by atoms with Crippen molar-refractivity contribution in [1.82, 2.24) is 14.3 Å². The number of nitro benzene ring substituents is 1. The lowest BCUT2D eigenvalue weighted by atomic mass is 10.1. The summed E-state index contributed by atoms with van der Waals surface area (Å²) in [5, 5.41) is 10.8. The molecule has 1 aliphatic heterocycles. The number of aromatic nitrogens is 2. The zero-order chi connectivity index (χ0) is 17.5. The summed E-state index contributed by atoms with van der Waals surface area (Å²) in [6.45, 7) is 3.99. The van der Waals surface area contributed by atoms with Crippen LogP contribution in [0.15, 0.2) is 29.3 Å². The fourth-order valence-corrected chi connectivity index (χ4v) is 4.50. The van der Waals surface area contributed by atoms with Crippen LogP contribution in [0.25, 0.3) is 0 Å². The number of aryl methyl sites for hydroxylation is 3. The molecular weight excluding hydrogens is 332 g/mol. The van der Waals surface area contributed by atoms with Crippen LogP contribution in [-0.2, 0) is 23.0 Å². The molecule has 0 saturated heterocycles. The Bertz CT molecular complexity index is 904. The van der Waals surface area contributed by atoms with Crippen molar-refractivity contribution in [1.29, 1.82) is 0 Å². The van der Waals surface area contributed by atoms with Gasteiger partial charge in [-0.1, -0.05) is 0 Å². The minimum absolute atomic E-state index is 0.0701. The normalized spacial score (nSPS) is 17.5. The van der Waals surface area contributed by atoms with Crippen LogP contribution < -0.4 is 4.72 Å². The van der Waals surface area contributed by atoms with Crippen LogP contribution >= 0.6 is 0 Å². The third kappa shape index (κ3) is 3.17. The van der Waals surface area contributed by atoms with Crippen molar-refractivity contribution >= 4 is 15.7 Å². The highest BCUT2D eigenvalue weighted by atomic mass is 32.2. The molecule has 0 bridgehead atoms. The zero-order valence-corrected chi connectivity index (χ0v) is 14.2. The quantitative estimate of drug-likeness (QED) is 0.667. The molecule has 2 aromatic rings. The second kappa shape index (κ2) is 5.99. The van der Waals surface area contributed by atoms with Gasteiger partial charge in [-0.05, 0) is 31.9 Å². The van der Waals surface area contributed by atoms with Gasteiger partial charge in [-0.3, -0.25) is 10.1 Å². The summed E-state index contributed by atoms with van der Waals surface area (Å²) in [5.41, 5.74) is 1.15. The van der Waals surface area contributed by atoms with E-state index in [2.05, 4.69) is 9.71 Å². The van der Waals surface area contributed by atoms with Gasteiger partial charge in [-0.2, -0.15) is 0 Å². The third-order valence-electron chi connectivity index (χ3n) is 4.09. The molecule has 0 unspecified atom stereocenters. The molecule has 1 aliphatic rings. The van der Waals surface area contributed by atoms with E-state index in [0.29, 0.717) is 24.9 Å². The van der Waals surface area contributed by atoms with Crippen LogP contribution in [0.2, 0.25) is 0 Å². The van der Waals surface area contributed by atoms with E-state index in [1.54, 1.807) is 6.92 Å². The lowest BCUT2D eigenvalue weighted by molar-refractivity contribution is -0.385. The number of non-ortho nitro benzene ring substituents is 1. The highest BCUT2D eigenvalue weighted by molar-refractivity contribution is 7.89. The van der Waals surface area contributed by atoms with Crippen molar-refractivity contribution in [3.05, 3.63) is 51.6 Å². The number of sulfonamides is 1. The van der Waals surface area contributed by atoms with E-state index >= 15 is 0 Å². The van der Waals surface area contributed by atoms with Gasteiger partial charge in [0.2, 0.25) is 10.0 Å². The second-order valence-corrected chi connectivity index (χ2v) is 7.70. The van der Waals surface area contributed by atoms with Crippen LogP contribution in [0.5, 0.6) is 0 Å². The van der Waals surface area contributed by atoms with Crippen LogP contribution in [0.3, 0.4) is 0 Å². The smallest absolute Gasteiger partial charge is 0.269 e. The fraction of sp³-hybridized carbons (Fsp3) is 0.400. The van der Waals surface area contributed by atoms with Crippen molar-refractivity contribution < 1.29 is 13.3 Å². The van der Waals surface area contributed by atoms with E-state index in [9.17, 15) is 18.5 Å². The Kier molecular flexibility index (Phi) is 4.14. The molecule has 24 heavy (non-hydrogen) atoms. The van der Waals surface area contributed by atoms with Crippen molar-refractivity contribution in [2.24, 2.45) is 0 Å². The number of imidazole rings is 1. The van der Waals surface area contributed by atoms with Gasteiger partial charge >= 0.3 is 0 Å². The number of hydrogen-bond donors (Lipinski definition) is 1. The first-order valence-corrected chi connectivity index (χ1v) is 9.04. The van der Waals surface area contributed by atoms with Crippen molar-refractivity contribution in [2.45, 2.75) is 44.2 Å². The molecule has 1 N–H and O–H groups in total. The summed E-state index contributed by atoms with van der Waals surface area (Å²) in [7, 11) is -3.74. The number of hydrogen-bond acceptors (Lipinski definition) is 5. The maximum Gasteiger partial charge on any atom is 0.269 e. The number of nitro groups is 1. The molecular formula is C15H18N4O4S. The van der Waals surface area contributed by atoms with Gasteiger partial charge in [-0.15, -0.1) is 0 Å². The summed E-state index contributed by atoms with van der Waals surface area (Å²) >= 11 is 0. The van der Waals surface area contributed by atoms with Crippen molar-refractivity contribution in [3.63, 3.8) is 0 Å². The summed E-state index contributed by atoms with van der Waals surface area (Å²) in [6.07, 6.45) is 3.29. The first-order chi connectivity index (χ1) is 11.3. The molecule has 0 spiro atoms. The van der Waals surface area contributed by atoms with Gasteiger partial charge in [-0.25, -0.2) is 18.1 Å². The number of nitrogens with one attached hydrogen (secondary N) is 1. The van der Waals surface area contributed by atoms with E-state index in [1.807, 2.05) is 17.7 Å². The van der Waals surface area contributed by atoms with Gasteiger partial charge in [0, 0.05) is 37.3 Å². The Morgan fingerprint density at radius 2 is 2.12 bits per heavy atom. The number of rotatable bonds is 4. The van der Waals surface area contributed by atoms with E-state index in [4.69, 9.17) is 0 Å². The highest BCUT2D eigenvalue weighted by Crippen LogP contribution is 2.23. The fourth-order valence-electron chi connectivity index (χ4n) is 3.01. The predicted octanol–water partition coefficient (Wildman–Crippen LogP) is 1.70. The first kappa shape index (κ1) is 16.6. The van der Waals surface area contributed by atoms with Gasteiger partial charge in [0.25, 0.3) is 5.69 Å². The maximum absolute atomic E-state index is 12.6. The lowest BCUT2D eigenvalue weighted by Crippen LogP contribution is -2.41. The van der Waals surface area contributed by atoms with Crippen LogP contribution in [0.1, 0.15) is 23.5 Å². The summed E-state index contributed by atoms with van der Waals surface area (Å²) < 4.78 is 29.9. The molecule has 0 saturated carbocycles. The van der Waals surface area contributed by atoms with Gasteiger partial charge in [0.15, 0.2) is 0 Å². The van der Waals surface area contributed by atoms with Crippen molar-refractivity contribution in [2.75, 3.05) is 0 Å². The Morgan fingerprint density at radius 3 is 2.79 bits per heavy atom. The van der Waals surface area contributed by atoms with Gasteiger partial charge in [0.05, 0.1) is 15.5 Å². The molecule has 0 amide bonds. The molecule has 1 atom stereocenters. The monoisotopic (exact) mass is 350 g/mol. The summed E-state index contributed by atoms with van der Waals surface area (Å²) in [6, 6.07) is 3.53. The largest absolute Gasteiger partial charge is 0.333 e. The first-order valence-electron chi connectivity index (χ1n) is 7.56. The Morgan fingerprint density at radius 1 is 1.38 bits per heavy atom. The Hall–Kier alpha value is -2.26. The highest BCUT2D eigenvalue weighted by Gasteiger charge is 2.26. The second-order valence-electron chi connectivity index (χ2n) is 6.01. The molecule has 3 rings (SSSR count). The number of benzene rings is 1. The molecule has 9 heteroatoms. The molecule has 2 heterocycles. The molecule has 0 aliphatic carbocycles. The molecule has 8 nitrogen and oxygen atoms in total. The zero-order valence-electron chi connectivity index (χ0n) is 13.4. The van der Waals surface area contributed by atoms with Crippen LogP contribution in [0.4, 0.5) is 5.69 Å². The average molecular weight is 350 g/mol. The van der Waals surface area contributed by atoms with Crippen molar-refractivity contribution in [3.8, 4) is 0 Å². The summed E-state index contributed by atoms with van der Waals surface area (Å²) in [4.78, 5) is 14.7. The standard InChI is InChI=1S/C15H18N4O4S/c1-10-7-13(19(20)21)4-5-14(10)24(22,23)17-12-3-6-15-16-11(2)8-18(15)9-12/h4-5,7-8,12,17H,3,6,9H2,1-2H3/t12-/m0/s1. The maximum atomic E-state index is 12.6. The molecule has 0 fully saturated rings. The van der Waals surface area contributed by atoms with Crippen LogP contribution in [-0.4, -0.2) is 28.9 Å². The van der Waals surface area contributed by atoms with E-state index < -0.39 is 14.9 Å². The summed E-state index contributed by atoms with van der Waals surface area (Å²) in [5.74, 6) is 0.967. The predicted molar refractivity (Wildman–Crippen MR) is 87.2 cm³/mol. The number of fused-ring (bicyclic) bond motifs is 1. The third-order valence-corrected chi connectivity index (χ3v) is 5.77. The molecule has 0 radical (unpaired) electrons. The Labute approximate surface area is 139 Å². The van der Waals surface area contributed by atoms with E-state index in [1.165, 1.54) is 18.2 Å². The van der Waals surface area contributed by atoms with Gasteiger partial charge < -0.3 is 4.57 Å². The topological polar surface area (TPSA) is 107 Å². The SMILES string of the molecule is Cc1cn2c(n1)CC[C@H](NS(=O)(=O)c1ccc([N+](=O)[O-])cc1C)C2. The molecule has 128 valence electrons.